The Morgan fingerprint density at radius 3 is 2.44 bits per heavy atom. The van der Waals surface area contributed by atoms with Crippen molar-refractivity contribution in [2.45, 2.75) is 26.3 Å². The van der Waals surface area contributed by atoms with Crippen molar-refractivity contribution in [3.63, 3.8) is 0 Å². The largest absolute Gasteiger partial charge is 0.497 e. The van der Waals surface area contributed by atoms with Crippen LogP contribution in [0.1, 0.15) is 36.1 Å². The molecule has 130 valence electrons. The molecular formula is C20H22N2O3. The third kappa shape index (κ3) is 3.36. The van der Waals surface area contributed by atoms with E-state index in [0.29, 0.717) is 12.2 Å². The molecule has 2 aromatic carbocycles. The SMILES string of the molecule is COc1ccc(OC)c(C2=NN(C(C)=O)C(c3ccc(C)cc3)C2)c1. The zero-order valence-electron chi connectivity index (χ0n) is 14.9. The van der Waals surface area contributed by atoms with Crippen molar-refractivity contribution in [1.29, 1.82) is 0 Å². The Morgan fingerprint density at radius 2 is 1.84 bits per heavy atom. The van der Waals surface area contributed by atoms with Gasteiger partial charge < -0.3 is 9.47 Å². The molecule has 3 rings (SSSR count). The monoisotopic (exact) mass is 338 g/mol. The van der Waals surface area contributed by atoms with Crippen molar-refractivity contribution in [3.05, 3.63) is 59.2 Å². The van der Waals surface area contributed by atoms with Gasteiger partial charge in [-0.05, 0) is 30.7 Å². The second-order valence-electron chi connectivity index (χ2n) is 6.11. The van der Waals surface area contributed by atoms with Crippen LogP contribution in [0.2, 0.25) is 0 Å². The van der Waals surface area contributed by atoms with E-state index in [-0.39, 0.29) is 11.9 Å². The van der Waals surface area contributed by atoms with Gasteiger partial charge in [-0.1, -0.05) is 29.8 Å². The molecule has 2 aromatic rings. The van der Waals surface area contributed by atoms with E-state index in [1.165, 1.54) is 12.5 Å². The van der Waals surface area contributed by atoms with Crippen LogP contribution in [0.15, 0.2) is 47.6 Å². The highest BCUT2D eigenvalue weighted by molar-refractivity contribution is 6.05. The predicted octanol–water partition coefficient (Wildman–Crippen LogP) is 3.71. The van der Waals surface area contributed by atoms with Gasteiger partial charge in [-0.2, -0.15) is 5.10 Å². The normalized spacial score (nSPS) is 16.6. The maximum absolute atomic E-state index is 12.1. The Hall–Kier alpha value is -2.82. The number of amides is 1. The van der Waals surface area contributed by atoms with E-state index in [2.05, 4.69) is 29.4 Å². The summed E-state index contributed by atoms with van der Waals surface area (Å²) < 4.78 is 10.8. The van der Waals surface area contributed by atoms with Crippen molar-refractivity contribution in [1.82, 2.24) is 5.01 Å². The van der Waals surface area contributed by atoms with Crippen LogP contribution in [0, 0.1) is 6.92 Å². The summed E-state index contributed by atoms with van der Waals surface area (Å²) in [7, 11) is 3.25. The van der Waals surface area contributed by atoms with Gasteiger partial charge in [-0.15, -0.1) is 0 Å². The van der Waals surface area contributed by atoms with Gasteiger partial charge >= 0.3 is 0 Å². The minimum Gasteiger partial charge on any atom is -0.497 e. The summed E-state index contributed by atoms with van der Waals surface area (Å²) in [6, 6.07) is 13.7. The van der Waals surface area contributed by atoms with E-state index >= 15 is 0 Å². The third-order valence-corrected chi connectivity index (χ3v) is 4.41. The maximum atomic E-state index is 12.1. The van der Waals surface area contributed by atoms with Gasteiger partial charge in [0, 0.05) is 18.9 Å². The summed E-state index contributed by atoms with van der Waals surface area (Å²) in [6.45, 7) is 3.58. The van der Waals surface area contributed by atoms with Crippen molar-refractivity contribution in [3.8, 4) is 11.5 Å². The van der Waals surface area contributed by atoms with Crippen LogP contribution in [0.4, 0.5) is 0 Å². The molecule has 1 amide bonds. The molecule has 1 aliphatic rings. The highest BCUT2D eigenvalue weighted by Crippen LogP contribution is 2.36. The number of carbonyl (C=O) groups is 1. The second-order valence-corrected chi connectivity index (χ2v) is 6.11. The summed E-state index contributed by atoms with van der Waals surface area (Å²) in [6.07, 6.45) is 0.631. The summed E-state index contributed by atoms with van der Waals surface area (Å²) in [5.41, 5.74) is 3.92. The van der Waals surface area contributed by atoms with Crippen molar-refractivity contribution >= 4 is 11.6 Å². The van der Waals surface area contributed by atoms with Gasteiger partial charge in [-0.25, -0.2) is 5.01 Å². The topological polar surface area (TPSA) is 51.1 Å². The van der Waals surface area contributed by atoms with Crippen LogP contribution in [-0.2, 0) is 4.79 Å². The Balaban J connectivity index is 2.00. The van der Waals surface area contributed by atoms with Crippen LogP contribution in [0.25, 0.3) is 0 Å². The van der Waals surface area contributed by atoms with Gasteiger partial charge in [0.25, 0.3) is 0 Å². The average molecular weight is 338 g/mol. The van der Waals surface area contributed by atoms with E-state index in [1.54, 1.807) is 19.2 Å². The number of hydrogen-bond donors (Lipinski definition) is 0. The number of rotatable bonds is 4. The number of methoxy groups -OCH3 is 2. The third-order valence-electron chi connectivity index (χ3n) is 4.41. The molecule has 1 heterocycles. The summed E-state index contributed by atoms with van der Waals surface area (Å²) >= 11 is 0. The number of nitrogens with zero attached hydrogens (tertiary/aromatic N) is 2. The van der Waals surface area contributed by atoms with Gasteiger partial charge in [-0.3, -0.25) is 4.79 Å². The molecule has 0 radical (unpaired) electrons. The zero-order chi connectivity index (χ0) is 18.0. The van der Waals surface area contributed by atoms with Crippen molar-refractivity contribution in [2.75, 3.05) is 14.2 Å². The molecule has 0 fully saturated rings. The molecular weight excluding hydrogens is 316 g/mol. The molecule has 0 N–H and O–H groups in total. The minimum absolute atomic E-state index is 0.0811. The lowest BCUT2D eigenvalue weighted by atomic mass is 9.97. The highest BCUT2D eigenvalue weighted by Gasteiger charge is 2.32. The van der Waals surface area contributed by atoms with E-state index in [9.17, 15) is 4.79 Å². The number of carbonyl (C=O) groups excluding carboxylic acids is 1. The fraction of sp³-hybridized carbons (Fsp3) is 0.300. The minimum atomic E-state index is -0.107. The Bertz CT molecular complexity index is 812. The van der Waals surface area contributed by atoms with Crippen LogP contribution in [-0.4, -0.2) is 30.8 Å². The van der Waals surface area contributed by atoms with Gasteiger partial charge in [0.05, 0.1) is 26.0 Å². The number of benzene rings is 2. The first-order chi connectivity index (χ1) is 12.0. The van der Waals surface area contributed by atoms with Crippen molar-refractivity contribution < 1.29 is 14.3 Å². The first kappa shape index (κ1) is 17.0. The lowest BCUT2D eigenvalue weighted by molar-refractivity contribution is -0.130. The molecule has 0 bridgehead atoms. The smallest absolute Gasteiger partial charge is 0.240 e. The lowest BCUT2D eigenvalue weighted by Gasteiger charge is -2.20. The molecule has 0 aliphatic carbocycles. The summed E-state index contributed by atoms with van der Waals surface area (Å²) in [4.78, 5) is 12.1. The zero-order valence-corrected chi connectivity index (χ0v) is 14.9. The molecule has 0 saturated carbocycles. The van der Waals surface area contributed by atoms with Crippen LogP contribution < -0.4 is 9.47 Å². The first-order valence-electron chi connectivity index (χ1n) is 8.19. The predicted molar refractivity (Wildman–Crippen MR) is 97.1 cm³/mol. The quantitative estimate of drug-likeness (QED) is 0.854. The average Bonchev–Trinajstić information content (AvgIpc) is 3.07. The lowest BCUT2D eigenvalue weighted by Crippen LogP contribution is -2.24. The molecule has 0 aromatic heterocycles. The van der Waals surface area contributed by atoms with Crippen LogP contribution in [0.5, 0.6) is 11.5 Å². The summed E-state index contributed by atoms with van der Waals surface area (Å²) in [5.74, 6) is 1.36. The Labute approximate surface area is 147 Å². The molecule has 1 atom stereocenters. The first-order valence-corrected chi connectivity index (χ1v) is 8.19. The second kappa shape index (κ2) is 6.97. The molecule has 0 spiro atoms. The number of aryl methyl sites for hydroxylation is 1. The van der Waals surface area contributed by atoms with E-state index in [1.807, 2.05) is 25.1 Å². The Morgan fingerprint density at radius 1 is 1.12 bits per heavy atom. The fourth-order valence-electron chi connectivity index (χ4n) is 3.05. The molecule has 25 heavy (non-hydrogen) atoms. The van der Waals surface area contributed by atoms with Gasteiger partial charge in [0.2, 0.25) is 5.91 Å². The van der Waals surface area contributed by atoms with Crippen LogP contribution in [0.3, 0.4) is 0 Å². The Kier molecular flexibility index (Phi) is 4.74. The van der Waals surface area contributed by atoms with E-state index in [0.717, 1.165) is 22.6 Å². The molecule has 5 heteroatoms. The molecule has 0 saturated heterocycles. The van der Waals surface area contributed by atoms with E-state index < -0.39 is 0 Å². The molecule has 1 aliphatic heterocycles. The highest BCUT2D eigenvalue weighted by atomic mass is 16.5. The summed E-state index contributed by atoms with van der Waals surface area (Å²) in [5, 5.41) is 6.14. The standard InChI is InChI=1S/C20H22N2O3/c1-13-5-7-15(8-6-13)19-12-18(21-22(19)14(2)23)17-11-16(24-3)9-10-20(17)25-4/h5-11,19H,12H2,1-4H3. The number of hydrogen-bond acceptors (Lipinski definition) is 4. The number of ether oxygens (including phenoxy) is 2. The number of hydrazone groups is 1. The van der Waals surface area contributed by atoms with Crippen LogP contribution >= 0.6 is 0 Å². The molecule has 1 unspecified atom stereocenters. The van der Waals surface area contributed by atoms with Crippen molar-refractivity contribution in [2.24, 2.45) is 5.10 Å². The molecule has 5 nitrogen and oxygen atoms in total. The maximum Gasteiger partial charge on any atom is 0.240 e. The van der Waals surface area contributed by atoms with E-state index in [4.69, 9.17) is 9.47 Å². The fourth-order valence-corrected chi connectivity index (χ4v) is 3.05. The van der Waals surface area contributed by atoms with Gasteiger partial charge in [0.15, 0.2) is 0 Å². The van der Waals surface area contributed by atoms with Gasteiger partial charge in [0.1, 0.15) is 11.5 Å².